The van der Waals surface area contributed by atoms with Gasteiger partial charge in [-0.2, -0.15) is 0 Å². The largest absolute Gasteiger partial charge is 0.330 e. The third kappa shape index (κ3) is 4.11. The second-order valence-corrected chi connectivity index (χ2v) is 6.54. The molecule has 0 radical (unpaired) electrons. The summed E-state index contributed by atoms with van der Waals surface area (Å²) in [4.78, 5) is 0.320. The topological polar surface area (TPSA) is 86.2 Å². The Bertz CT molecular complexity index is 454. The number of benzene rings is 1. The first-order valence-corrected chi connectivity index (χ1v) is 7.49. The number of hydrogen-bond acceptors (Lipinski definition) is 4. The van der Waals surface area contributed by atoms with Gasteiger partial charge in [0.25, 0.3) is 0 Å². The van der Waals surface area contributed by atoms with Gasteiger partial charge in [-0.1, -0.05) is 19.1 Å². The molecule has 0 spiro atoms. The second kappa shape index (κ2) is 5.62. The summed E-state index contributed by atoms with van der Waals surface area (Å²) >= 11 is 0. The van der Waals surface area contributed by atoms with Gasteiger partial charge >= 0.3 is 0 Å². The lowest BCUT2D eigenvalue weighted by Crippen LogP contribution is -2.19. The highest BCUT2D eigenvalue weighted by Crippen LogP contribution is 2.20. The average molecular weight is 256 g/mol. The van der Waals surface area contributed by atoms with E-state index in [-0.39, 0.29) is 6.04 Å². The normalized spacial score (nSPS) is 15.5. The maximum Gasteiger partial charge on any atom is 0.175 e. The van der Waals surface area contributed by atoms with Gasteiger partial charge in [-0.05, 0) is 36.6 Å². The van der Waals surface area contributed by atoms with Crippen molar-refractivity contribution in [2.24, 2.45) is 17.4 Å². The van der Waals surface area contributed by atoms with Crippen LogP contribution in [-0.2, 0) is 9.84 Å². The molecule has 0 heterocycles. The Morgan fingerprint density at radius 1 is 1.24 bits per heavy atom. The molecule has 0 aliphatic heterocycles. The lowest BCUT2D eigenvalue weighted by molar-refractivity contribution is 0.482. The SMILES string of the molecule is CC(CN)CC(N)c1ccc(S(C)(=O)=O)cc1. The Balaban J connectivity index is 2.81. The van der Waals surface area contributed by atoms with Crippen LogP contribution in [0.15, 0.2) is 29.2 Å². The van der Waals surface area contributed by atoms with Crippen LogP contribution in [0.5, 0.6) is 0 Å². The molecule has 0 aliphatic carbocycles. The van der Waals surface area contributed by atoms with Crippen LogP contribution in [0.1, 0.15) is 24.9 Å². The summed E-state index contributed by atoms with van der Waals surface area (Å²) in [5.74, 6) is 0.361. The van der Waals surface area contributed by atoms with E-state index in [1.165, 1.54) is 6.26 Å². The van der Waals surface area contributed by atoms with Gasteiger partial charge in [-0.25, -0.2) is 8.42 Å². The van der Waals surface area contributed by atoms with E-state index in [4.69, 9.17) is 11.5 Å². The Labute approximate surface area is 103 Å². The summed E-state index contributed by atoms with van der Waals surface area (Å²) in [6.07, 6.45) is 1.99. The summed E-state index contributed by atoms with van der Waals surface area (Å²) < 4.78 is 22.6. The quantitative estimate of drug-likeness (QED) is 0.825. The lowest BCUT2D eigenvalue weighted by atomic mass is 9.97. The third-order valence-corrected chi connectivity index (χ3v) is 3.92. The average Bonchev–Trinajstić information content (AvgIpc) is 2.27. The Morgan fingerprint density at radius 2 is 1.76 bits per heavy atom. The van der Waals surface area contributed by atoms with Crippen molar-refractivity contribution in [3.63, 3.8) is 0 Å². The summed E-state index contributed by atoms with van der Waals surface area (Å²) in [5.41, 5.74) is 12.5. The molecule has 96 valence electrons. The van der Waals surface area contributed by atoms with Crippen molar-refractivity contribution >= 4 is 9.84 Å². The van der Waals surface area contributed by atoms with E-state index in [0.29, 0.717) is 17.4 Å². The van der Waals surface area contributed by atoms with Crippen molar-refractivity contribution in [1.82, 2.24) is 0 Å². The maximum absolute atomic E-state index is 11.3. The molecule has 0 fully saturated rings. The zero-order valence-electron chi connectivity index (χ0n) is 10.3. The molecule has 2 atom stereocenters. The van der Waals surface area contributed by atoms with Gasteiger partial charge in [-0.3, -0.25) is 0 Å². The molecule has 1 rings (SSSR count). The van der Waals surface area contributed by atoms with Crippen LogP contribution in [-0.4, -0.2) is 21.2 Å². The van der Waals surface area contributed by atoms with Crippen LogP contribution >= 0.6 is 0 Å². The molecular formula is C12H20N2O2S. The zero-order chi connectivity index (χ0) is 13.1. The van der Waals surface area contributed by atoms with Crippen LogP contribution in [0, 0.1) is 5.92 Å². The standard InChI is InChI=1S/C12H20N2O2S/c1-9(8-13)7-12(14)10-3-5-11(6-4-10)17(2,15)16/h3-6,9,12H,7-8,13-14H2,1-2H3. The minimum absolute atomic E-state index is 0.0952. The van der Waals surface area contributed by atoms with E-state index >= 15 is 0 Å². The number of hydrogen-bond donors (Lipinski definition) is 2. The van der Waals surface area contributed by atoms with Crippen molar-refractivity contribution in [1.29, 1.82) is 0 Å². The summed E-state index contributed by atoms with van der Waals surface area (Å²) in [5, 5.41) is 0. The van der Waals surface area contributed by atoms with Crippen molar-refractivity contribution in [2.45, 2.75) is 24.3 Å². The van der Waals surface area contributed by atoms with Crippen LogP contribution in [0.3, 0.4) is 0 Å². The summed E-state index contributed by atoms with van der Waals surface area (Å²) in [7, 11) is -3.13. The molecular weight excluding hydrogens is 236 g/mol. The molecule has 0 saturated carbocycles. The van der Waals surface area contributed by atoms with Crippen molar-refractivity contribution in [3.05, 3.63) is 29.8 Å². The first kappa shape index (κ1) is 14.2. The van der Waals surface area contributed by atoms with Crippen LogP contribution in [0.4, 0.5) is 0 Å². The number of rotatable bonds is 5. The minimum atomic E-state index is -3.13. The molecule has 5 heteroatoms. The molecule has 4 N–H and O–H groups in total. The van der Waals surface area contributed by atoms with Gasteiger partial charge in [0, 0.05) is 12.3 Å². The van der Waals surface area contributed by atoms with Crippen LogP contribution in [0.25, 0.3) is 0 Å². The van der Waals surface area contributed by atoms with E-state index in [2.05, 4.69) is 0 Å². The van der Waals surface area contributed by atoms with Gasteiger partial charge in [0.15, 0.2) is 9.84 Å². The lowest BCUT2D eigenvalue weighted by Gasteiger charge is -2.16. The maximum atomic E-state index is 11.3. The Morgan fingerprint density at radius 3 is 2.18 bits per heavy atom. The van der Waals surface area contributed by atoms with E-state index in [1.807, 2.05) is 6.92 Å². The first-order valence-electron chi connectivity index (χ1n) is 5.60. The fourth-order valence-electron chi connectivity index (χ4n) is 1.63. The van der Waals surface area contributed by atoms with Gasteiger partial charge < -0.3 is 11.5 Å². The molecule has 2 unspecified atom stereocenters. The molecule has 4 nitrogen and oxygen atoms in total. The predicted octanol–water partition coefficient (Wildman–Crippen LogP) is 1.07. The molecule has 0 aliphatic rings. The molecule has 0 amide bonds. The van der Waals surface area contributed by atoms with Crippen LogP contribution < -0.4 is 11.5 Å². The monoisotopic (exact) mass is 256 g/mol. The molecule has 0 saturated heterocycles. The second-order valence-electron chi connectivity index (χ2n) is 4.52. The molecule has 0 aromatic heterocycles. The van der Waals surface area contributed by atoms with Gasteiger partial charge in [0.2, 0.25) is 0 Å². The smallest absolute Gasteiger partial charge is 0.175 e. The van der Waals surface area contributed by atoms with Crippen molar-refractivity contribution in [3.8, 4) is 0 Å². The molecule has 1 aromatic rings. The highest BCUT2D eigenvalue weighted by Gasteiger charge is 2.12. The van der Waals surface area contributed by atoms with Gasteiger partial charge in [0.1, 0.15) is 0 Å². The number of nitrogens with two attached hydrogens (primary N) is 2. The van der Waals surface area contributed by atoms with E-state index in [0.717, 1.165) is 12.0 Å². The fraction of sp³-hybridized carbons (Fsp3) is 0.500. The Kier molecular flexibility index (Phi) is 4.68. The minimum Gasteiger partial charge on any atom is -0.330 e. The highest BCUT2D eigenvalue weighted by atomic mass is 32.2. The number of sulfone groups is 1. The van der Waals surface area contributed by atoms with E-state index < -0.39 is 9.84 Å². The summed E-state index contributed by atoms with van der Waals surface area (Å²) in [6.45, 7) is 2.65. The van der Waals surface area contributed by atoms with E-state index in [9.17, 15) is 8.42 Å². The van der Waals surface area contributed by atoms with Gasteiger partial charge in [-0.15, -0.1) is 0 Å². The Hall–Kier alpha value is -0.910. The van der Waals surface area contributed by atoms with Crippen LogP contribution in [0.2, 0.25) is 0 Å². The fourth-order valence-corrected chi connectivity index (χ4v) is 2.26. The predicted molar refractivity (Wildman–Crippen MR) is 69.3 cm³/mol. The molecule has 0 bridgehead atoms. The first-order chi connectivity index (χ1) is 7.84. The van der Waals surface area contributed by atoms with E-state index in [1.54, 1.807) is 24.3 Å². The zero-order valence-corrected chi connectivity index (χ0v) is 11.1. The third-order valence-electron chi connectivity index (χ3n) is 2.80. The van der Waals surface area contributed by atoms with Gasteiger partial charge in [0.05, 0.1) is 4.90 Å². The highest BCUT2D eigenvalue weighted by molar-refractivity contribution is 7.90. The van der Waals surface area contributed by atoms with Crippen molar-refractivity contribution < 1.29 is 8.42 Å². The molecule has 17 heavy (non-hydrogen) atoms. The summed E-state index contributed by atoms with van der Waals surface area (Å²) in [6, 6.07) is 6.63. The molecule has 1 aromatic carbocycles. The van der Waals surface area contributed by atoms with Crippen molar-refractivity contribution in [2.75, 3.05) is 12.8 Å².